The highest BCUT2D eigenvalue weighted by molar-refractivity contribution is 7.95. The molecule has 0 spiro atoms. The lowest BCUT2D eigenvalue weighted by Crippen LogP contribution is -2.34. The van der Waals surface area contributed by atoms with Crippen molar-refractivity contribution in [3.63, 3.8) is 0 Å². The first-order chi connectivity index (χ1) is 7.05. The van der Waals surface area contributed by atoms with Gasteiger partial charge in [0.15, 0.2) is 0 Å². The average Bonchev–Trinajstić information content (AvgIpc) is 2.17. The molecule has 0 aromatic carbocycles. The minimum Gasteiger partial charge on any atom is -0.209 e. The van der Waals surface area contributed by atoms with Crippen molar-refractivity contribution in [2.45, 2.75) is 37.1 Å². The highest BCUT2D eigenvalue weighted by atomic mass is 32.2. The quantitative estimate of drug-likeness (QED) is 0.329. The van der Waals surface area contributed by atoms with Crippen LogP contribution in [0.2, 0.25) is 0 Å². The topological polar surface area (TPSA) is 27.7 Å². The number of hydrogen-bond donors (Lipinski definition) is 0. The summed E-state index contributed by atoms with van der Waals surface area (Å²) < 4.78 is 42.1. The molecule has 7 heteroatoms. The summed E-state index contributed by atoms with van der Waals surface area (Å²) >= 11 is 0.690. The fourth-order valence-corrected chi connectivity index (χ4v) is 2.56. The van der Waals surface area contributed by atoms with E-state index in [-0.39, 0.29) is 6.42 Å². The zero-order valence-corrected chi connectivity index (χ0v) is 9.07. The summed E-state index contributed by atoms with van der Waals surface area (Å²) in [7, 11) is 1.22. The van der Waals surface area contributed by atoms with E-state index in [4.69, 9.17) is 0 Å². The van der Waals surface area contributed by atoms with E-state index in [0.29, 0.717) is 24.9 Å². The summed E-state index contributed by atoms with van der Waals surface area (Å²) in [6.07, 6.45) is -2.10. The zero-order chi connectivity index (χ0) is 11.3. The molecule has 0 heterocycles. The number of rotatable bonds is 4. The molecule has 0 amide bonds. The fraction of sp³-hybridized carbons (Fsp3) is 1.00. The van der Waals surface area contributed by atoms with Gasteiger partial charge in [0.2, 0.25) is 0 Å². The van der Waals surface area contributed by atoms with Gasteiger partial charge in [0, 0.05) is 17.3 Å². The molecule has 2 atom stereocenters. The Morgan fingerprint density at radius 1 is 1.20 bits per heavy atom. The predicted molar refractivity (Wildman–Crippen MR) is 48.6 cm³/mol. The summed E-state index contributed by atoms with van der Waals surface area (Å²) in [6, 6.07) is 0. The molecule has 1 rings (SSSR count). The van der Waals surface area contributed by atoms with Crippen LogP contribution in [0.4, 0.5) is 13.2 Å². The van der Waals surface area contributed by atoms with Gasteiger partial charge in [-0.05, 0) is 12.8 Å². The third-order valence-electron chi connectivity index (χ3n) is 2.38. The standard InChI is InChI=1S/C8H13F3O3S/c1-12-13-14-15-7-5-3-2-4-6(7)8(9,10)11/h6-7H,2-5H2,1H3. The Kier molecular flexibility index (Phi) is 5.17. The molecular weight excluding hydrogens is 233 g/mol. The normalized spacial score (nSPS) is 28.0. The minimum atomic E-state index is -4.16. The summed E-state index contributed by atoms with van der Waals surface area (Å²) in [4.78, 5) is 4.13. The van der Waals surface area contributed by atoms with Gasteiger partial charge in [-0.2, -0.15) is 13.2 Å². The van der Waals surface area contributed by atoms with Gasteiger partial charge >= 0.3 is 6.18 Å². The second kappa shape index (κ2) is 5.93. The zero-order valence-electron chi connectivity index (χ0n) is 8.25. The second-order valence-corrected chi connectivity index (χ2v) is 4.30. The van der Waals surface area contributed by atoms with Crippen molar-refractivity contribution in [3.05, 3.63) is 0 Å². The summed E-state index contributed by atoms with van der Waals surface area (Å²) in [5.74, 6) is -1.31. The molecule has 0 bridgehead atoms. The van der Waals surface area contributed by atoms with Crippen LogP contribution >= 0.6 is 12.0 Å². The molecule has 0 aromatic heterocycles. The van der Waals surface area contributed by atoms with Gasteiger partial charge in [0.05, 0.1) is 13.0 Å². The molecular formula is C8H13F3O3S. The van der Waals surface area contributed by atoms with E-state index in [1.54, 1.807) is 0 Å². The van der Waals surface area contributed by atoms with Crippen LogP contribution in [0.15, 0.2) is 0 Å². The summed E-state index contributed by atoms with van der Waals surface area (Å²) in [6.45, 7) is 0. The molecule has 0 aliphatic heterocycles. The Labute approximate surface area is 90.3 Å². The first-order valence-corrected chi connectivity index (χ1v) is 5.45. The van der Waals surface area contributed by atoms with Gasteiger partial charge in [-0.25, -0.2) is 4.89 Å². The largest absolute Gasteiger partial charge is 0.392 e. The maximum atomic E-state index is 12.6. The highest BCUT2D eigenvalue weighted by Gasteiger charge is 2.46. The molecule has 2 unspecified atom stereocenters. The first-order valence-electron chi connectivity index (χ1n) is 4.65. The van der Waals surface area contributed by atoms with Crippen molar-refractivity contribution in [1.29, 1.82) is 0 Å². The third-order valence-corrected chi connectivity index (χ3v) is 3.33. The molecule has 0 saturated heterocycles. The molecule has 15 heavy (non-hydrogen) atoms. The molecule has 3 nitrogen and oxygen atoms in total. The second-order valence-electron chi connectivity index (χ2n) is 3.37. The Bertz CT molecular complexity index is 188. The van der Waals surface area contributed by atoms with Crippen LogP contribution in [-0.4, -0.2) is 18.5 Å². The van der Waals surface area contributed by atoms with Gasteiger partial charge < -0.3 is 0 Å². The Morgan fingerprint density at radius 2 is 1.87 bits per heavy atom. The Hall–Kier alpha value is 0.0200. The van der Waals surface area contributed by atoms with Crippen molar-refractivity contribution in [2.24, 2.45) is 5.92 Å². The van der Waals surface area contributed by atoms with Crippen molar-refractivity contribution >= 4 is 12.0 Å². The monoisotopic (exact) mass is 246 g/mol. The third kappa shape index (κ3) is 4.18. The summed E-state index contributed by atoms with van der Waals surface area (Å²) in [5.41, 5.74) is 0. The molecule has 90 valence electrons. The van der Waals surface area contributed by atoms with E-state index in [0.717, 1.165) is 6.42 Å². The van der Waals surface area contributed by atoms with Gasteiger partial charge in [0.1, 0.15) is 0 Å². The number of alkyl halides is 3. The van der Waals surface area contributed by atoms with E-state index in [1.165, 1.54) is 7.11 Å². The van der Waals surface area contributed by atoms with Crippen LogP contribution < -0.4 is 0 Å². The van der Waals surface area contributed by atoms with Crippen molar-refractivity contribution in [3.8, 4) is 0 Å². The van der Waals surface area contributed by atoms with E-state index in [2.05, 4.69) is 14.3 Å². The van der Waals surface area contributed by atoms with Crippen LogP contribution in [0.3, 0.4) is 0 Å². The summed E-state index contributed by atoms with van der Waals surface area (Å²) in [5, 5.41) is 3.49. The van der Waals surface area contributed by atoms with Crippen molar-refractivity contribution in [1.82, 2.24) is 0 Å². The van der Waals surface area contributed by atoms with Crippen molar-refractivity contribution in [2.75, 3.05) is 7.11 Å². The van der Waals surface area contributed by atoms with Crippen LogP contribution in [0, 0.1) is 5.92 Å². The minimum absolute atomic E-state index is 0.164. The van der Waals surface area contributed by atoms with Crippen LogP contribution in [-0.2, 0) is 14.3 Å². The lowest BCUT2D eigenvalue weighted by molar-refractivity contribution is -0.447. The maximum Gasteiger partial charge on any atom is 0.392 e. The smallest absolute Gasteiger partial charge is 0.209 e. The lowest BCUT2D eigenvalue weighted by atomic mass is 9.88. The maximum absolute atomic E-state index is 12.6. The lowest BCUT2D eigenvalue weighted by Gasteiger charge is -2.30. The molecule has 0 N–H and O–H groups in total. The van der Waals surface area contributed by atoms with Gasteiger partial charge in [-0.3, -0.25) is 0 Å². The molecule has 1 aliphatic rings. The highest BCUT2D eigenvalue weighted by Crippen LogP contribution is 2.43. The van der Waals surface area contributed by atoms with Crippen molar-refractivity contribution < 1.29 is 27.4 Å². The Morgan fingerprint density at radius 3 is 2.47 bits per heavy atom. The van der Waals surface area contributed by atoms with E-state index in [1.807, 2.05) is 0 Å². The Balaban J connectivity index is 2.43. The van der Waals surface area contributed by atoms with Gasteiger partial charge in [-0.15, -0.1) is 4.33 Å². The van der Waals surface area contributed by atoms with E-state index >= 15 is 0 Å². The fourth-order valence-electron chi connectivity index (χ4n) is 1.68. The van der Waals surface area contributed by atoms with Gasteiger partial charge in [0.25, 0.3) is 0 Å². The van der Waals surface area contributed by atoms with E-state index < -0.39 is 17.3 Å². The predicted octanol–water partition coefficient (Wildman–Crippen LogP) is 3.27. The molecule has 0 aromatic rings. The van der Waals surface area contributed by atoms with Crippen LogP contribution in [0.5, 0.6) is 0 Å². The number of hydrogen-bond acceptors (Lipinski definition) is 4. The van der Waals surface area contributed by atoms with Gasteiger partial charge in [-0.1, -0.05) is 17.9 Å². The first kappa shape index (κ1) is 13.1. The van der Waals surface area contributed by atoms with Crippen LogP contribution in [0.25, 0.3) is 0 Å². The molecule has 0 radical (unpaired) electrons. The van der Waals surface area contributed by atoms with E-state index in [9.17, 15) is 13.2 Å². The average molecular weight is 246 g/mol. The number of halogens is 3. The molecule has 1 fully saturated rings. The van der Waals surface area contributed by atoms with Crippen LogP contribution in [0.1, 0.15) is 25.7 Å². The molecule has 1 aliphatic carbocycles. The molecule has 1 saturated carbocycles. The SMILES string of the molecule is COOOSC1CCCCC1C(F)(F)F.